The van der Waals surface area contributed by atoms with Gasteiger partial charge >= 0.3 is 0 Å². The number of halogens is 1. The van der Waals surface area contributed by atoms with Crippen LogP contribution in [0, 0.1) is 5.92 Å². The maximum Gasteiger partial charge on any atom is 0.232 e. The summed E-state index contributed by atoms with van der Waals surface area (Å²) >= 11 is 5.91. The quantitative estimate of drug-likeness (QED) is 0.812. The molecule has 1 aliphatic carbocycles. The van der Waals surface area contributed by atoms with Crippen LogP contribution in [-0.2, 0) is 4.79 Å². The van der Waals surface area contributed by atoms with E-state index in [1.807, 2.05) is 0 Å². The Morgan fingerprint density at radius 3 is 3.15 bits per heavy atom. The molecule has 0 aromatic carbocycles. The van der Waals surface area contributed by atoms with E-state index in [2.05, 4.69) is 10.3 Å². The Bertz CT molecular complexity index is 456. The van der Waals surface area contributed by atoms with E-state index in [0.29, 0.717) is 24.1 Å². The van der Waals surface area contributed by atoms with Gasteiger partial charge in [0.1, 0.15) is 11.6 Å². The predicted octanol–water partition coefficient (Wildman–Crippen LogP) is 1.75. The first kappa shape index (κ1) is 15.1. The lowest BCUT2D eigenvalue weighted by Crippen LogP contribution is -2.39. The van der Waals surface area contributed by atoms with Crippen molar-refractivity contribution >= 4 is 17.5 Å². The van der Waals surface area contributed by atoms with Crippen LogP contribution in [-0.4, -0.2) is 30.1 Å². The van der Waals surface area contributed by atoms with E-state index in [9.17, 15) is 4.79 Å². The van der Waals surface area contributed by atoms with Gasteiger partial charge in [-0.2, -0.15) is 0 Å². The smallest absolute Gasteiger partial charge is 0.232 e. The van der Waals surface area contributed by atoms with E-state index in [0.717, 1.165) is 25.7 Å². The SMILES string of the molecule is NC1CCCC(C(=O)NCCOc2ncccc2Cl)C1. The molecule has 1 amide bonds. The van der Waals surface area contributed by atoms with Crippen molar-refractivity contribution in [2.24, 2.45) is 11.7 Å². The minimum atomic E-state index is 0.0391. The number of hydrogen-bond acceptors (Lipinski definition) is 4. The maximum atomic E-state index is 12.0. The molecule has 110 valence electrons. The first-order valence-corrected chi connectivity index (χ1v) is 7.31. The average molecular weight is 298 g/mol. The van der Waals surface area contributed by atoms with Crippen LogP contribution in [0.25, 0.3) is 0 Å². The first-order valence-electron chi connectivity index (χ1n) is 6.93. The molecule has 0 spiro atoms. The molecule has 1 heterocycles. The fraction of sp³-hybridized carbons (Fsp3) is 0.571. The molecule has 0 aliphatic heterocycles. The molecule has 5 nitrogen and oxygen atoms in total. The highest BCUT2D eigenvalue weighted by Gasteiger charge is 2.24. The predicted molar refractivity (Wildman–Crippen MR) is 77.7 cm³/mol. The van der Waals surface area contributed by atoms with Gasteiger partial charge in [-0.05, 0) is 31.4 Å². The molecule has 1 aromatic heterocycles. The maximum absolute atomic E-state index is 12.0. The number of amides is 1. The molecular formula is C14H20ClN3O2. The number of nitrogens with zero attached hydrogens (tertiary/aromatic N) is 1. The van der Waals surface area contributed by atoms with Gasteiger partial charge in [0.25, 0.3) is 0 Å². The molecule has 0 bridgehead atoms. The van der Waals surface area contributed by atoms with E-state index in [1.165, 1.54) is 0 Å². The molecule has 1 aromatic rings. The Kier molecular flexibility index (Phi) is 5.61. The Morgan fingerprint density at radius 1 is 1.55 bits per heavy atom. The van der Waals surface area contributed by atoms with Gasteiger partial charge in [-0.1, -0.05) is 18.0 Å². The van der Waals surface area contributed by atoms with Crippen molar-refractivity contribution < 1.29 is 9.53 Å². The summed E-state index contributed by atoms with van der Waals surface area (Å²) < 4.78 is 5.41. The zero-order valence-electron chi connectivity index (χ0n) is 11.3. The van der Waals surface area contributed by atoms with Gasteiger partial charge < -0.3 is 15.8 Å². The number of nitrogens with one attached hydrogen (secondary N) is 1. The third-order valence-corrected chi connectivity index (χ3v) is 3.74. The van der Waals surface area contributed by atoms with Crippen LogP contribution in [0.5, 0.6) is 5.88 Å². The molecular weight excluding hydrogens is 278 g/mol. The summed E-state index contributed by atoms with van der Waals surface area (Å²) in [5.74, 6) is 0.496. The van der Waals surface area contributed by atoms with Gasteiger partial charge in [0.2, 0.25) is 11.8 Å². The van der Waals surface area contributed by atoms with Crippen LogP contribution in [0.3, 0.4) is 0 Å². The summed E-state index contributed by atoms with van der Waals surface area (Å²) in [4.78, 5) is 16.0. The summed E-state index contributed by atoms with van der Waals surface area (Å²) in [5.41, 5.74) is 5.88. The number of ether oxygens (including phenoxy) is 1. The molecule has 2 rings (SSSR count). The van der Waals surface area contributed by atoms with Gasteiger partial charge in [0, 0.05) is 18.2 Å². The van der Waals surface area contributed by atoms with Crippen molar-refractivity contribution in [3.63, 3.8) is 0 Å². The van der Waals surface area contributed by atoms with E-state index < -0.39 is 0 Å². The molecule has 0 radical (unpaired) electrons. The number of carbonyl (C=O) groups excluding carboxylic acids is 1. The molecule has 3 N–H and O–H groups in total. The zero-order chi connectivity index (χ0) is 14.4. The van der Waals surface area contributed by atoms with Crippen LogP contribution in [0.15, 0.2) is 18.3 Å². The van der Waals surface area contributed by atoms with Crippen LogP contribution in [0.4, 0.5) is 0 Å². The van der Waals surface area contributed by atoms with Gasteiger partial charge in [-0.3, -0.25) is 4.79 Å². The molecule has 1 fully saturated rings. The minimum absolute atomic E-state index is 0.0391. The van der Waals surface area contributed by atoms with E-state index in [-0.39, 0.29) is 17.9 Å². The number of nitrogens with two attached hydrogens (primary N) is 1. The van der Waals surface area contributed by atoms with Crippen molar-refractivity contribution in [3.8, 4) is 5.88 Å². The second kappa shape index (κ2) is 7.45. The fourth-order valence-electron chi connectivity index (χ4n) is 2.41. The highest BCUT2D eigenvalue weighted by Crippen LogP contribution is 2.23. The molecule has 1 saturated carbocycles. The molecule has 2 atom stereocenters. The summed E-state index contributed by atoms with van der Waals surface area (Å²) in [6.45, 7) is 0.790. The van der Waals surface area contributed by atoms with E-state index >= 15 is 0 Å². The highest BCUT2D eigenvalue weighted by molar-refractivity contribution is 6.31. The summed E-state index contributed by atoms with van der Waals surface area (Å²) in [6, 6.07) is 3.61. The third-order valence-electron chi connectivity index (χ3n) is 3.45. The van der Waals surface area contributed by atoms with Crippen LogP contribution in [0.1, 0.15) is 25.7 Å². The molecule has 20 heavy (non-hydrogen) atoms. The molecule has 6 heteroatoms. The Labute approximate surface area is 123 Å². The van der Waals surface area contributed by atoms with E-state index in [1.54, 1.807) is 18.3 Å². The summed E-state index contributed by atoms with van der Waals surface area (Å²) in [5, 5.41) is 3.34. The number of pyridine rings is 1. The van der Waals surface area contributed by atoms with Crippen LogP contribution in [0.2, 0.25) is 5.02 Å². The van der Waals surface area contributed by atoms with Gasteiger partial charge in [-0.25, -0.2) is 4.98 Å². The number of carbonyl (C=O) groups is 1. The normalized spacial score (nSPS) is 22.3. The molecule has 1 aliphatic rings. The van der Waals surface area contributed by atoms with Crippen molar-refractivity contribution in [3.05, 3.63) is 23.4 Å². The lowest BCUT2D eigenvalue weighted by atomic mass is 9.85. The Hall–Kier alpha value is -1.33. The standard InChI is InChI=1S/C14H20ClN3O2/c15-12-5-2-6-18-14(12)20-8-7-17-13(19)10-3-1-4-11(16)9-10/h2,5-6,10-11H,1,3-4,7-9,16H2,(H,17,19). The zero-order valence-corrected chi connectivity index (χ0v) is 12.1. The van der Waals surface area contributed by atoms with Gasteiger partial charge in [0.05, 0.1) is 6.54 Å². The third kappa shape index (κ3) is 4.35. The number of rotatable bonds is 5. The monoisotopic (exact) mass is 297 g/mol. The lowest BCUT2D eigenvalue weighted by Gasteiger charge is -2.25. The average Bonchev–Trinajstić information content (AvgIpc) is 2.45. The Morgan fingerprint density at radius 2 is 2.40 bits per heavy atom. The number of hydrogen-bond donors (Lipinski definition) is 2. The van der Waals surface area contributed by atoms with Gasteiger partial charge in [0.15, 0.2) is 0 Å². The van der Waals surface area contributed by atoms with Crippen molar-refractivity contribution in [1.82, 2.24) is 10.3 Å². The van der Waals surface area contributed by atoms with E-state index in [4.69, 9.17) is 22.1 Å². The molecule has 2 unspecified atom stereocenters. The Balaban J connectivity index is 1.68. The van der Waals surface area contributed by atoms with Crippen molar-refractivity contribution in [2.75, 3.05) is 13.2 Å². The van der Waals surface area contributed by atoms with Crippen molar-refractivity contribution in [1.29, 1.82) is 0 Å². The topological polar surface area (TPSA) is 77.2 Å². The van der Waals surface area contributed by atoms with Crippen LogP contribution >= 0.6 is 11.6 Å². The summed E-state index contributed by atoms with van der Waals surface area (Å²) in [6.07, 6.45) is 5.36. The first-order chi connectivity index (χ1) is 9.66. The van der Waals surface area contributed by atoms with Crippen molar-refractivity contribution in [2.45, 2.75) is 31.7 Å². The van der Waals surface area contributed by atoms with Crippen LogP contribution < -0.4 is 15.8 Å². The minimum Gasteiger partial charge on any atom is -0.475 e. The largest absolute Gasteiger partial charge is 0.475 e. The lowest BCUT2D eigenvalue weighted by molar-refractivity contribution is -0.126. The fourth-order valence-corrected chi connectivity index (χ4v) is 2.59. The number of aromatic nitrogens is 1. The molecule has 0 saturated heterocycles. The summed E-state index contributed by atoms with van der Waals surface area (Å²) in [7, 11) is 0. The highest BCUT2D eigenvalue weighted by atomic mass is 35.5. The van der Waals surface area contributed by atoms with Gasteiger partial charge in [-0.15, -0.1) is 0 Å². The second-order valence-corrected chi connectivity index (χ2v) is 5.46. The second-order valence-electron chi connectivity index (χ2n) is 5.05.